The summed E-state index contributed by atoms with van der Waals surface area (Å²) in [5.74, 6) is 0.276. The van der Waals surface area contributed by atoms with Gasteiger partial charge in [-0.1, -0.05) is 15.9 Å². The third-order valence-corrected chi connectivity index (χ3v) is 3.78. The maximum Gasteiger partial charge on any atom is 0.141 e. The quantitative estimate of drug-likeness (QED) is 0.672. The number of rotatable bonds is 1. The van der Waals surface area contributed by atoms with E-state index in [-0.39, 0.29) is 5.82 Å². The highest BCUT2D eigenvalue weighted by Crippen LogP contribution is 2.31. The summed E-state index contributed by atoms with van der Waals surface area (Å²) in [7, 11) is 0. The summed E-state index contributed by atoms with van der Waals surface area (Å²) >= 11 is 10.5. The predicted octanol–water partition coefficient (Wildman–Crippen LogP) is 4.54. The van der Waals surface area contributed by atoms with Gasteiger partial charge in [0, 0.05) is 25.8 Å². The molecule has 4 heteroatoms. The number of fused-ring (bicyclic) bond motifs is 1. The summed E-state index contributed by atoms with van der Waals surface area (Å²) in [5.41, 5.74) is 0.996. The van der Waals surface area contributed by atoms with Crippen LogP contribution < -0.4 is 0 Å². The first kappa shape index (κ1) is 9.44. The van der Waals surface area contributed by atoms with Crippen molar-refractivity contribution in [2.75, 3.05) is 0 Å². The van der Waals surface area contributed by atoms with Crippen LogP contribution in [-0.4, -0.2) is 0 Å². The van der Waals surface area contributed by atoms with E-state index < -0.39 is 0 Å². The van der Waals surface area contributed by atoms with E-state index in [9.17, 15) is 4.39 Å². The van der Waals surface area contributed by atoms with E-state index in [0.29, 0.717) is 11.3 Å². The SMILES string of the molecule is Fc1csc2cc(CCl)c(Br)cc12. The molecule has 0 unspecified atom stereocenters. The average Bonchev–Trinajstić information content (AvgIpc) is 2.47. The lowest BCUT2D eigenvalue weighted by Crippen LogP contribution is -1.80. The average molecular weight is 280 g/mol. The van der Waals surface area contributed by atoms with Gasteiger partial charge < -0.3 is 0 Å². The molecule has 1 aromatic heterocycles. The Balaban J connectivity index is 2.76. The molecule has 13 heavy (non-hydrogen) atoms. The Bertz CT molecular complexity index is 452. The van der Waals surface area contributed by atoms with Crippen molar-refractivity contribution in [2.45, 2.75) is 5.88 Å². The standard InChI is InChI=1S/C9H5BrClFS/c10-7-2-6-8(12)4-13-9(6)1-5(7)3-11/h1-2,4H,3H2. The molecule has 0 spiro atoms. The number of hydrogen-bond acceptors (Lipinski definition) is 1. The zero-order valence-electron chi connectivity index (χ0n) is 6.48. The summed E-state index contributed by atoms with van der Waals surface area (Å²) in [6.07, 6.45) is 0. The van der Waals surface area contributed by atoms with E-state index in [1.54, 1.807) is 6.07 Å². The van der Waals surface area contributed by atoms with Crippen LogP contribution in [0.5, 0.6) is 0 Å². The second kappa shape index (κ2) is 3.56. The molecule has 0 aliphatic carbocycles. The summed E-state index contributed by atoms with van der Waals surface area (Å²) in [4.78, 5) is 0. The summed E-state index contributed by atoms with van der Waals surface area (Å²) < 4.78 is 14.9. The third-order valence-electron chi connectivity index (χ3n) is 1.84. The third kappa shape index (κ3) is 1.60. The molecule has 2 aromatic rings. The van der Waals surface area contributed by atoms with Crippen LogP contribution in [0.25, 0.3) is 10.1 Å². The van der Waals surface area contributed by atoms with Gasteiger partial charge in [-0.15, -0.1) is 22.9 Å². The first-order chi connectivity index (χ1) is 6.22. The molecule has 0 aliphatic heterocycles. The van der Waals surface area contributed by atoms with Gasteiger partial charge in [-0.25, -0.2) is 4.39 Å². The van der Waals surface area contributed by atoms with Crippen molar-refractivity contribution in [3.05, 3.63) is 33.4 Å². The van der Waals surface area contributed by atoms with Gasteiger partial charge in [-0.3, -0.25) is 0 Å². The Labute approximate surface area is 92.5 Å². The van der Waals surface area contributed by atoms with Crippen LogP contribution in [0.3, 0.4) is 0 Å². The molecule has 0 saturated heterocycles. The maximum absolute atomic E-state index is 13.1. The molecule has 0 bridgehead atoms. The molecule has 0 fully saturated rings. The molecule has 0 radical (unpaired) electrons. The van der Waals surface area contributed by atoms with E-state index in [1.165, 1.54) is 16.7 Å². The molecule has 1 aromatic carbocycles. The number of hydrogen-bond donors (Lipinski definition) is 0. The van der Waals surface area contributed by atoms with Crippen LogP contribution in [-0.2, 0) is 5.88 Å². The molecule has 0 N–H and O–H groups in total. The number of benzene rings is 1. The first-order valence-corrected chi connectivity index (χ1v) is 5.84. The van der Waals surface area contributed by atoms with Gasteiger partial charge in [-0.2, -0.15) is 0 Å². The van der Waals surface area contributed by atoms with Crippen LogP contribution in [0.15, 0.2) is 22.0 Å². The molecular weight excluding hydrogens is 275 g/mol. The molecule has 0 amide bonds. The van der Waals surface area contributed by atoms with Crippen LogP contribution in [0.1, 0.15) is 5.56 Å². The van der Waals surface area contributed by atoms with Crippen LogP contribution in [0.4, 0.5) is 4.39 Å². The van der Waals surface area contributed by atoms with Gasteiger partial charge in [0.1, 0.15) is 5.82 Å². The highest BCUT2D eigenvalue weighted by atomic mass is 79.9. The Hall–Kier alpha value is -0.120. The number of thiophene rings is 1. The van der Waals surface area contributed by atoms with Gasteiger partial charge in [0.25, 0.3) is 0 Å². The van der Waals surface area contributed by atoms with Crippen LogP contribution in [0.2, 0.25) is 0 Å². The van der Waals surface area contributed by atoms with Crippen LogP contribution in [0, 0.1) is 5.82 Å². The topological polar surface area (TPSA) is 0 Å². The molecule has 0 aliphatic rings. The Morgan fingerprint density at radius 2 is 2.23 bits per heavy atom. The van der Waals surface area contributed by atoms with Gasteiger partial charge in [-0.05, 0) is 17.7 Å². The van der Waals surface area contributed by atoms with E-state index >= 15 is 0 Å². The molecule has 0 saturated carbocycles. The lowest BCUT2D eigenvalue weighted by Gasteiger charge is -1.99. The molecule has 0 atom stereocenters. The number of alkyl halides is 1. The Kier molecular flexibility index (Phi) is 2.58. The molecule has 1 heterocycles. The van der Waals surface area contributed by atoms with Gasteiger partial charge in [0.05, 0.1) is 0 Å². The van der Waals surface area contributed by atoms with E-state index in [0.717, 1.165) is 14.7 Å². The predicted molar refractivity (Wildman–Crippen MR) is 59.0 cm³/mol. The minimum atomic E-state index is -0.165. The fourth-order valence-electron chi connectivity index (χ4n) is 1.16. The summed E-state index contributed by atoms with van der Waals surface area (Å²) in [6.45, 7) is 0. The van der Waals surface area contributed by atoms with Gasteiger partial charge >= 0.3 is 0 Å². The van der Waals surface area contributed by atoms with Crippen molar-refractivity contribution in [3.8, 4) is 0 Å². The zero-order chi connectivity index (χ0) is 9.42. The van der Waals surface area contributed by atoms with Crippen molar-refractivity contribution in [3.63, 3.8) is 0 Å². The van der Waals surface area contributed by atoms with E-state index in [4.69, 9.17) is 11.6 Å². The first-order valence-electron chi connectivity index (χ1n) is 3.63. The Morgan fingerprint density at radius 1 is 1.46 bits per heavy atom. The minimum Gasteiger partial charge on any atom is -0.205 e. The fourth-order valence-corrected chi connectivity index (χ4v) is 2.88. The summed E-state index contributed by atoms with van der Waals surface area (Å²) in [5, 5.41) is 2.17. The fraction of sp³-hybridized carbons (Fsp3) is 0.111. The normalized spacial score (nSPS) is 11.0. The lowest BCUT2D eigenvalue weighted by atomic mass is 10.2. The molecule has 68 valence electrons. The second-order valence-corrected chi connectivity index (χ2v) is 4.69. The van der Waals surface area contributed by atoms with Gasteiger partial charge in [0.15, 0.2) is 0 Å². The maximum atomic E-state index is 13.1. The van der Waals surface area contributed by atoms with Crippen molar-refractivity contribution >= 4 is 49.0 Å². The van der Waals surface area contributed by atoms with Crippen molar-refractivity contribution < 1.29 is 4.39 Å². The monoisotopic (exact) mass is 278 g/mol. The highest BCUT2D eigenvalue weighted by molar-refractivity contribution is 9.10. The zero-order valence-corrected chi connectivity index (χ0v) is 9.64. The molecular formula is C9H5BrClFS. The minimum absolute atomic E-state index is 0.165. The number of halogens is 3. The van der Waals surface area contributed by atoms with Crippen LogP contribution >= 0.6 is 38.9 Å². The smallest absolute Gasteiger partial charge is 0.141 e. The largest absolute Gasteiger partial charge is 0.205 e. The Morgan fingerprint density at radius 3 is 2.92 bits per heavy atom. The lowest BCUT2D eigenvalue weighted by molar-refractivity contribution is 0.644. The van der Waals surface area contributed by atoms with Crippen molar-refractivity contribution in [2.24, 2.45) is 0 Å². The van der Waals surface area contributed by atoms with E-state index in [1.807, 2.05) is 6.07 Å². The molecule has 0 nitrogen and oxygen atoms in total. The highest BCUT2D eigenvalue weighted by Gasteiger charge is 2.07. The molecule has 2 rings (SSSR count). The van der Waals surface area contributed by atoms with Crippen molar-refractivity contribution in [1.29, 1.82) is 0 Å². The van der Waals surface area contributed by atoms with E-state index in [2.05, 4.69) is 15.9 Å². The van der Waals surface area contributed by atoms with Crippen molar-refractivity contribution in [1.82, 2.24) is 0 Å². The van der Waals surface area contributed by atoms with Gasteiger partial charge in [0.2, 0.25) is 0 Å². The summed E-state index contributed by atoms with van der Waals surface area (Å²) in [6, 6.07) is 3.69. The second-order valence-electron chi connectivity index (χ2n) is 2.66.